The number of phenolic OH excluding ortho intramolecular Hbond substituents is 1. The van der Waals surface area contributed by atoms with Crippen LogP contribution >= 0.6 is 11.3 Å². The summed E-state index contributed by atoms with van der Waals surface area (Å²) in [5, 5.41) is 14.0. The summed E-state index contributed by atoms with van der Waals surface area (Å²) in [6.45, 7) is 0. The van der Waals surface area contributed by atoms with Crippen molar-refractivity contribution in [3.63, 3.8) is 0 Å². The topological polar surface area (TPSA) is 101 Å². The lowest BCUT2D eigenvalue weighted by Crippen LogP contribution is -2.41. The van der Waals surface area contributed by atoms with Crippen molar-refractivity contribution in [2.24, 2.45) is 0 Å². The molecule has 0 fully saturated rings. The minimum Gasteiger partial charge on any atom is -0.507 e. The lowest BCUT2D eigenvalue weighted by Gasteiger charge is -2.09. The Bertz CT molecular complexity index is 1230. The molecule has 150 valence electrons. The number of phenols is 1. The Morgan fingerprint density at radius 3 is 2.33 bits per heavy atom. The van der Waals surface area contributed by atoms with Crippen molar-refractivity contribution >= 4 is 33.9 Å². The molecule has 3 aromatic carbocycles. The fraction of sp³-hybridized carbons (Fsp3) is 0.0455. The fourth-order valence-electron chi connectivity index (χ4n) is 2.90. The molecule has 2 amide bonds. The maximum atomic E-state index is 12.4. The average molecular weight is 419 g/mol. The van der Waals surface area contributed by atoms with Gasteiger partial charge < -0.3 is 9.84 Å². The Morgan fingerprint density at radius 1 is 0.967 bits per heavy atom. The first-order valence-electron chi connectivity index (χ1n) is 8.97. The number of hydrogen-bond donors (Lipinski definition) is 3. The fourth-order valence-corrected chi connectivity index (χ4v) is 3.71. The summed E-state index contributed by atoms with van der Waals surface area (Å²) in [7, 11) is 1.59. The standard InChI is InChI=1S/C22H17N3O4S/c1-29-16-8-6-13(7-9-16)22-23-18(12-30-22)21(28)25-24-20(27)17-10-14-4-2-3-5-15(14)11-19(17)26/h2-12,26H,1H3,(H,24,27)(H,25,28). The molecule has 0 aliphatic carbocycles. The van der Waals surface area contributed by atoms with Gasteiger partial charge in [0.15, 0.2) is 0 Å². The van der Waals surface area contributed by atoms with Crippen molar-refractivity contribution in [1.29, 1.82) is 0 Å². The number of carbonyl (C=O) groups is 2. The summed E-state index contributed by atoms with van der Waals surface area (Å²) in [5.41, 5.74) is 5.73. The Labute approximate surface area is 175 Å². The van der Waals surface area contributed by atoms with E-state index in [9.17, 15) is 14.7 Å². The van der Waals surface area contributed by atoms with Gasteiger partial charge in [-0.2, -0.15) is 0 Å². The number of nitrogens with one attached hydrogen (secondary N) is 2. The average Bonchev–Trinajstić information content (AvgIpc) is 3.27. The third kappa shape index (κ3) is 3.94. The number of aromatic nitrogens is 1. The van der Waals surface area contributed by atoms with Crippen LogP contribution in [0.1, 0.15) is 20.8 Å². The zero-order valence-corrected chi connectivity index (χ0v) is 16.7. The molecule has 3 N–H and O–H groups in total. The Balaban J connectivity index is 1.44. The first kappa shape index (κ1) is 19.4. The number of methoxy groups -OCH3 is 1. The molecule has 0 unspecified atom stereocenters. The molecule has 1 aromatic heterocycles. The SMILES string of the molecule is COc1ccc(-c2nc(C(=O)NNC(=O)c3cc4ccccc4cc3O)cs2)cc1. The molecule has 0 aliphatic heterocycles. The van der Waals surface area contributed by atoms with E-state index in [1.165, 1.54) is 17.4 Å². The predicted octanol–water partition coefficient (Wildman–Crippen LogP) is 3.75. The molecular formula is C22H17N3O4S. The van der Waals surface area contributed by atoms with Crippen molar-refractivity contribution in [3.05, 3.63) is 77.3 Å². The normalized spacial score (nSPS) is 10.6. The maximum Gasteiger partial charge on any atom is 0.289 e. The minimum atomic E-state index is -0.628. The number of fused-ring (bicyclic) bond motifs is 1. The van der Waals surface area contributed by atoms with Crippen LogP contribution < -0.4 is 15.6 Å². The van der Waals surface area contributed by atoms with E-state index in [1.54, 1.807) is 18.6 Å². The summed E-state index contributed by atoms with van der Waals surface area (Å²) in [5.74, 6) is -0.624. The van der Waals surface area contributed by atoms with Crippen molar-refractivity contribution in [1.82, 2.24) is 15.8 Å². The second kappa shape index (κ2) is 8.22. The van der Waals surface area contributed by atoms with Crippen LogP contribution in [0.25, 0.3) is 21.3 Å². The molecule has 0 atom stereocenters. The zero-order chi connectivity index (χ0) is 21.1. The third-order valence-electron chi connectivity index (χ3n) is 4.47. The molecule has 7 nitrogen and oxygen atoms in total. The molecule has 4 rings (SSSR count). The first-order chi connectivity index (χ1) is 14.5. The van der Waals surface area contributed by atoms with E-state index in [0.29, 0.717) is 5.01 Å². The molecule has 0 spiro atoms. The van der Waals surface area contributed by atoms with Crippen LogP contribution in [-0.2, 0) is 0 Å². The molecule has 30 heavy (non-hydrogen) atoms. The number of hydrogen-bond acceptors (Lipinski definition) is 6. The van der Waals surface area contributed by atoms with Crippen molar-refractivity contribution in [2.45, 2.75) is 0 Å². The van der Waals surface area contributed by atoms with Gasteiger partial charge in [-0.15, -0.1) is 11.3 Å². The highest BCUT2D eigenvalue weighted by atomic mass is 32.1. The number of amides is 2. The van der Waals surface area contributed by atoms with E-state index in [4.69, 9.17) is 4.74 Å². The molecule has 8 heteroatoms. The summed E-state index contributed by atoms with van der Waals surface area (Å²) >= 11 is 1.31. The summed E-state index contributed by atoms with van der Waals surface area (Å²) in [6, 6.07) is 17.7. The van der Waals surface area contributed by atoms with Gasteiger partial charge in [-0.3, -0.25) is 20.4 Å². The van der Waals surface area contributed by atoms with E-state index in [-0.39, 0.29) is 17.0 Å². The third-order valence-corrected chi connectivity index (χ3v) is 5.36. The van der Waals surface area contributed by atoms with Gasteiger partial charge in [0.25, 0.3) is 11.8 Å². The number of benzene rings is 3. The Kier molecular flexibility index (Phi) is 5.32. The molecule has 0 radical (unpaired) electrons. The molecule has 0 aliphatic rings. The van der Waals surface area contributed by atoms with E-state index in [1.807, 2.05) is 48.5 Å². The van der Waals surface area contributed by atoms with Crippen LogP contribution in [0, 0.1) is 0 Å². The highest BCUT2D eigenvalue weighted by Gasteiger charge is 2.16. The zero-order valence-electron chi connectivity index (χ0n) is 15.9. The van der Waals surface area contributed by atoms with Crippen molar-refractivity contribution in [2.75, 3.05) is 7.11 Å². The number of aromatic hydroxyl groups is 1. The maximum absolute atomic E-state index is 12.4. The number of thiazole rings is 1. The second-order valence-corrected chi connectivity index (χ2v) is 7.25. The van der Waals surface area contributed by atoms with E-state index in [0.717, 1.165) is 22.1 Å². The van der Waals surface area contributed by atoms with Gasteiger partial charge in [0.05, 0.1) is 12.7 Å². The van der Waals surface area contributed by atoms with Crippen molar-refractivity contribution < 1.29 is 19.4 Å². The largest absolute Gasteiger partial charge is 0.507 e. The van der Waals surface area contributed by atoms with Gasteiger partial charge in [0.2, 0.25) is 0 Å². The molecule has 4 aromatic rings. The number of nitrogens with zero attached hydrogens (tertiary/aromatic N) is 1. The number of hydrazine groups is 1. The first-order valence-corrected chi connectivity index (χ1v) is 9.85. The van der Waals surface area contributed by atoms with Crippen LogP contribution in [-0.4, -0.2) is 29.0 Å². The Morgan fingerprint density at radius 2 is 1.63 bits per heavy atom. The molecule has 0 bridgehead atoms. The second-order valence-electron chi connectivity index (χ2n) is 6.39. The van der Waals surface area contributed by atoms with Gasteiger partial charge in [0, 0.05) is 10.9 Å². The van der Waals surface area contributed by atoms with E-state index < -0.39 is 11.8 Å². The number of rotatable bonds is 4. The Hall–Kier alpha value is -3.91. The van der Waals surface area contributed by atoms with Crippen LogP contribution in [0.2, 0.25) is 0 Å². The number of carbonyl (C=O) groups excluding carboxylic acids is 2. The van der Waals surface area contributed by atoms with Crippen molar-refractivity contribution in [3.8, 4) is 22.1 Å². The van der Waals surface area contributed by atoms with E-state index >= 15 is 0 Å². The van der Waals surface area contributed by atoms with Crippen LogP contribution in [0.5, 0.6) is 11.5 Å². The lowest BCUT2D eigenvalue weighted by atomic mass is 10.1. The van der Waals surface area contributed by atoms with Crippen LogP contribution in [0.3, 0.4) is 0 Å². The summed E-state index contributed by atoms with van der Waals surface area (Å²) in [4.78, 5) is 29.1. The minimum absolute atomic E-state index is 0.0613. The molecular weight excluding hydrogens is 402 g/mol. The van der Waals surface area contributed by atoms with Gasteiger partial charge in [-0.05, 0) is 47.2 Å². The van der Waals surface area contributed by atoms with Gasteiger partial charge in [-0.1, -0.05) is 24.3 Å². The lowest BCUT2D eigenvalue weighted by molar-refractivity contribution is 0.0843. The molecule has 1 heterocycles. The smallest absolute Gasteiger partial charge is 0.289 e. The quantitative estimate of drug-likeness (QED) is 0.438. The van der Waals surface area contributed by atoms with E-state index in [2.05, 4.69) is 15.8 Å². The number of ether oxygens (including phenoxy) is 1. The van der Waals surface area contributed by atoms with Gasteiger partial charge >= 0.3 is 0 Å². The molecule has 0 saturated carbocycles. The highest BCUT2D eigenvalue weighted by Crippen LogP contribution is 2.26. The van der Waals surface area contributed by atoms with Gasteiger partial charge in [-0.25, -0.2) is 4.98 Å². The monoisotopic (exact) mass is 419 g/mol. The highest BCUT2D eigenvalue weighted by molar-refractivity contribution is 7.13. The summed E-state index contributed by atoms with van der Waals surface area (Å²) < 4.78 is 5.13. The van der Waals surface area contributed by atoms with Crippen LogP contribution in [0.15, 0.2) is 66.0 Å². The molecule has 0 saturated heterocycles. The van der Waals surface area contributed by atoms with Gasteiger partial charge in [0.1, 0.15) is 22.2 Å². The predicted molar refractivity (Wildman–Crippen MR) is 115 cm³/mol. The summed E-state index contributed by atoms with van der Waals surface area (Å²) in [6.07, 6.45) is 0. The van der Waals surface area contributed by atoms with Crippen LogP contribution in [0.4, 0.5) is 0 Å².